The van der Waals surface area contributed by atoms with Crippen molar-refractivity contribution in [3.63, 3.8) is 0 Å². The zero-order chi connectivity index (χ0) is 13.9. The van der Waals surface area contributed by atoms with Crippen LogP contribution in [0.15, 0.2) is 42.7 Å². The molecule has 0 N–H and O–H groups in total. The van der Waals surface area contributed by atoms with Crippen LogP contribution in [0, 0.1) is 0 Å². The average molecular weight is 306 g/mol. The SMILES string of the molecule is ClCc1nc2ccc(Cl)cc2n1CCc1ccncc1. The van der Waals surface area contributed by atoms with Gasteiger partial charge in [-0.25, -0.2) is 4.98 Å². The molecule has 20 heavy (non-hydrogen) atoms. The van der Waals surface area contributed by atoms with Gasteiger partial charge in [0.2, 0.25) is 0 Å². The molecule has 2 heterocycles. The van der Waals surface area contributed by atoms with E-state index in [1.54, 1.807) is 12.4 Å². The number of hydrogen-bond acceptors (Lipinski definition) is 2. The van der Waals surface area contributed by atoms with Gasteiger partial charge in [0.25, 0.3) is 0 Å². The Kier molecular flexibility index (Phi) is 3.90. The van der Waals surface area contributed by atoms with Crippen LogP contribution in [0.5, 0.6) is 0 Å². The van der Waals surface area contributed by atoms with Crippen molar-refractivity contribution in [2.45, 2.75) is 18.8 Å². The van der Waals surface area contributed by atoms with Crippen LogP contribution in [0.25, 0.3) is 11.0 Å². The molecule has 0 atom stereocenters. The van der Waals surface area contributed by atoms with Crippen LogP contribution >= 0.6 is 23.2 Å². The Bertz CT molecular complexity index is 723. The first-order valence-electron chi connectivity index (χ1n) is 6.37. The van der Waals surface area contributed by atoms with E-state index in [0.717, 1.165) is 29.8 Å². The van der Waals surface area contributed by atoms with Crippen LogP contribution in [-0.2, 0) is 18.8 Å². The molecule has 0 saturated heterocycles. The van der Waals surface area contributed by atoms with Crippen LogP contribution in [0.2, 0.25) is 5.02 Å². The van der Waals surface area contributed by atoms with Crippen LogP contribution in [0.3, 0.4) is 0 Å². The molecule has 0 saturated carbocycles. The van der Waals surface area contributed by atoms with Crippen LogP contribution in [-0.4, -0.2) is 14.5 Å². The highest BCUT2D eigenvalue weighted by molar-refractivity contribution is 6.31. The number of aryl methyl sites for hydroxylation is 2. The summed E-state index contributed by atoms with van der Waals surface area (Å²) >= 11 is 12.1. The molecule has 3 aromatic rings. The molecule has 0 bridgehead atoms. The number of benzene rings is 1. The molecule has 3 nitrogen and oxygen atoms in total. The number of hydrogen-bond donors (Lipinski definition) is 0. The topological polar surface area (TPSA) is 30.7 Å². The van der Waals surface area contributed by atoms with Gasteiger partial charge in [0.1, 0.15) is 5.82 Å². The van der Waals surface area contributed by atoms with Crippen molar-refractivity contribution in [1.29, 1.82) is 0 Å². The lowest BCUT2D eigenvalue weighted by molar-refractivity contribution is 0.687. The predicted octanol–water partition coefficient (Wildman–Crippen LogP) is 4.07. The highest BCUT2D eigenvalue weighted by Crippen LogP contribution is 2.22. The Balaban J connectivity index is 1.95. The summed E-state index contributed by atoms with van der Waals surface area (Å²) < 4.78 is 2.13. The normalized spacial score (nSPS) is 11.1. The summed E-state index contributed by atoms with van der Waals surface area (Å²) in [6.07, 6.45) is 4.52. The highest BCUT2D eigenvalue weighted by atomic mass is 35.5. The van der Waals surface area contributed by atoms with Crippen molar-refractivity contribution in [2.75, 3.05) is 0 Å². The van der Waals surface area contributed by atoms with Gasteiger partial charge in [-0.2, -0.15) is 0 Å². The molecule has 1 aromatic carbocycles. The van der Waals surface area contributed by atoms with Gasteiger partial charge >= 0.3 is 0 Å². The van der Waals surface area contributed by atoms with Crippen LogP contribution < -0.4 is 0 Å². The molecule has 0 aliphatic heterocycles. The number of fused-ring (bicyclic) bond motifs is 1. The number of rotatable bonds is 4. The van der Waals surface area contributed by atoms with Crippen LogP contribution in [0.1, 0.15) is 11.4 Å². The first kappa shape index (κ1) is 13.4. The summed E-state index contributed by atoms with van der Waals surface area (Å²) in [4.78, 5) is 8.57. The van der Waals surface area contributed by atoms with E-state index < -0.39 is 0 Å². The lowest BCUT2D eigenvalue weighted by Crippen LogP contribution is -2.05. The molecule has 5 heteroatoms. The minimum Gasteiger partial charge on any atom is -0.327 e. The first-order chi connectivity index (χ1) is 9.78. The minimum atomic E-state index is 0.392. The third-order valence-corrected chi connectivity index (χ3v) is 3.76. The fourth-order valence-corrected chi connectivity index (χ4v) is 2.66. The molecular weight excluding hydrogens is 293 g/mol. The Morgan fingerprint density at radius 3 is 2.65 bits per heavy atom. The van der Waals surface area contributed by atoms with Crippen LogP contribution in [0.4, 0.5) is 0 Å². The highest BCUT2D eigenvalue weighted by Gasteiger charge is 2.10. The molecule has 0 aliphatic rings. The number of pyridine rings is 1. The summed E-state index contributed by atoms with van der Waals surface area (Å²) in [5, 5.41) is 0.712. The molecule has 0 radical (unpaired) electrons. The standard InChI is InChI=1S/C15H13Cl2N3/c16-10-15-19-13-2-1-12(17)9-14(13)20(15)8-5-11-3-6-18-7-4-11/h1-4,6-7,9H,5,8,10H2. The second kappa shape index (κ2) is 5.81. The molecule has 0 fully saturated rings. The zero-order valence-corrected chi connectivity index (χ0v) is 12.3. The molecule has 0 unspecified atom stereocenters. The van der Waals surface area contributed by atoms with Gasteiger partial charge in [-0.1, -0.05) is 11.6 Å². The van der Waals surface area contributed by atoms with E-state index in [1.807, 2.05) is 30.3 Å². The van der Waals surface area contributed by atoms with E-state index in [1.165, 1.54) is 5.56 Å². The third-order valence-electron chi connectivity index (χ3n) is 3.28. The quantitative estimate of drug-likeness (QED) is 0.680. The number of alkyl halides is 1. The Hall–Kier alpha value is -1.58. The lowest BCUT2D eigenvalue weighted by Gasteiger charge is -2.08. The van der Waals surface area contributed by atoms with Gasteiger partial charge < -0.3 is 4.57 Å². The fourth-order valence-electron chi connectivity index (χ4n) is 2.29. The van der Waals surface area contributed by atoms with Gasteiger partial charge in [0, 0.05) is 24.0 Å². The number of aromatic nitrogens is 3. The Morgan fingerprint density at radius 2 is 1.90 bits per heavy atom. The third kappa shape index (κ3) is 2.65. The maximum absolute atomic E-state index is 6.08. The average Bonchev–Trinajstić information content (AvgIpc) is 2.83. The monoisotopic (exact) mass is 305 g/mol. The number of nitrogens with zero attached hydrogens (tertiary/aromatic N) is 3. The van der Waals surface area contributed by atoms with E-state index in [4.69, 9.17) is 23.2 Å². The van der Waals surface area contributed by atoms with Gasteiger partial charge in [-0.05, 0) is 42.3 Å². The van der Waals surface area contributed by atoms with Gasteiger partial charge in [-0.3, -0.25) is 4.98 Å². The van der Waals surface area contributed by atoms with E-state index in [-0.39, 0.29) is 0 Å². The van der Waals surface area contributed by atoms with Gasteiger partial charge in [0.15, 0.2) is 0 Å². The maximum Gasteiger partial charge on any atom is 0.124 e. The Labute approximate surface area is 127 Å². The molecule has 102 valence electrons. The summed E-state index contributed by atoms with van der Waals surface area (Å²) in [7, 11) is 0. The van der Waals surface area contributed by atoms with E-state index in [2.05, 4.69) is 14.5 Å². The number of imidazole rings is 1. The maximum atomic E-state index is 6.08. The molecule has 3 rings (SSSR count). The molecule has 0 aliphatic carbocycles. The summed E-state index contributed by atoms with van der Waals surface area (Å²) in [5.41, 5.74) is 3.20. The summed E-state index contributed by atoms with van der Waals surface area (Å²) in [6.45, 7) is 0.822. The van der Waals surface area contributed by atoms with Crippen molar-refractivity contribution >= 4 is 34.2 Å². The fraction of sp³-hybridized carbons (Fsp3) is 0.200. The summed E-state index contributed by atoms with van der Waals surface area (Å²) in [5.74, 6) is 1.26. The molecular formula is C15H13Cl2N3. The molecule has 2 aromatic heterocycles. The van der Waals surface area contributed by atoms with E-state index in [9.17, 15) is 0 Å². The van der Waals surface area contributed by atoms with Gasteiger partial charge in [0.05, 0.1) is 16.9 Å². The van der Waals surface area contributed by atoms with E-state index >= 15 is 0 Å². The predicted molar refractivity (Wildman–Crippen MR) is 82.2 cm³/mol. The second-order valence-corrected chi connectivity index (χ2v) is 5.26. The Morgan fingerprint density at radius 1 is 1.10 bits per heavy atom. The second-order valence-electron chi connectivity index (χ2n) is 4.55. The smallest absolute Gasteiger partial charge is 0.124 e. The molecule has 0 amide bonds. The van der Waals surface area contributed by atoms with E-state index in [0.29, 0.717) is 10.9 Å². The van der Waals surface area contributed by atoms with Crippen molar-refractivity contribution in [2.24, 2.45) is 0 Å². The van der Waals surface area contributed by atoms with Crippen molar-refractivity contribution in [1.82, 2.24) is 14.5 Å². The number of halogens is 2. The zero-order valence-electron chi connectivity index (χ0n) is 10.8. The van der Waals surface area contributed by atoms with Crippen molar-refractivity contribution < 1.29 is 0 Å². The molecule has 0 spiro atoms. The first-order valence-corrected chi connectivity index (χ1v) is 7.28. The van der Waals surface area contributed by atoms with Crippen molar-refractivity contribution in [3.8, 4) is 0 Å². The van der Waals surface area contributed by atoms with Crippen molar-refractivity contribution in [3.05, 3.63) is 59.1 Å². The van der Waals surface area contributed by atoms with Gasteiger partial charge in [-0.15, -0.1) is 11.6 Å². The minimum absolute atomic E-state index is 0.392. The largest absolute Gasteiger partial charge is 0.327 e. The summed E-state index contributed by atoms with van der Waals surface area (Å²) in [6, 6.07) is 9.75. The lowest BCUT2D eigenvalue weighted by atomic mass is 10.2.